The summed E-state index contributed by atoms with van der Waals surface area (Å²) in [6, 6.07) is 12.4. The minimum atomic E-state index is -0.272. The van der Waals surface area contributed by atoms with Crippen LogP contribution in [0, 0.1) is 0 Å². The molecule has 0 aromatic heterocycles. The molecule has 3 amide bonds. The smallest absolute Gasteiger partial charge is 0.319 e. The molecule has 2 aliphatic rings. The first-order valence-corrected chi connectivity index (χ1v) is 10.1. The van der Waals surface area contributed by atoms with Crippen molar-refractivity contribution in [1.82, 2.24) is 5.32 Å². The van der Waals surface area contributed by atoms with Crippen LogP contribution < -0.4 is 25.4 Å². The molecular weight excluding hydrogens is 386 g/mol. The van der Waals surface area contributed by atoms with Gasteiger partial charge in [-0.1, -0.05) is 6.07 Å². The first kappa shape index (κ1) is 20.0. The highest BCUT2D eigenvalue weighted by atomic mass is 16.7. The van der Waals surface area contributed by atoms with E-state index >= 15 is 0 Å². The minimum Gasteiger partial charge on any atom is -0.454 e. The van der Waals surface area contributed by atoms with Crippen molar-refractivity contribution in [3.05, 3.63) is 48.0 Å². The zero-order valence-electron chi connectivity index (χ0n) is 16.6. The Morgan fingerprint density at radius 1 is 0.967 bits per heavy atom. The molecule has 0 saturated carbocycles. The van der Waals surface area contributed by atoms with Crippen LogP contribution in [0.2, 0.25) is 0 Å². The Balaban J connectivity index is 1.20. The standard InChI is InChI=1S/C22H25N3O5/c26-21(10-4-15-3-9-19-20(12-15)30-14-29-19)24-16-5-7-17(8-6-16)25-22(27)23-13-18-2-1-11-28-18/h3,5-9,12,18H,1-2,4,10-11,13-14H2,(H,24,26)(H2,23,25,27). The minimum absolute atomic E-state index is 0.0808. The van der Waals surface area contributed by atoms with Gasteiger partial charge in [0.05, 0.1) is 6.10 Å². The van der Waals surface area contributed by atoms with E-state index in [0.29, 0.717) is 30.8 Å². The van der Waals surface area contributed by atoms with Crippen molar-refractivity contribution in [1.29, 1.82) is 0 Å². The zero-order valence-corrected chi connectivity index (χ0v) is 16.6. The molecule has 3 N–H and O–H groups in total. The van der Waals surface area contributed by atoms with Gasteiger partial charge in [-0.05, 0) is 61.2 Å². The fourth-order valence-corrected chi connectivity index (χ4v) is 3.40. The van der Waals surface area contributed by atoms with Crippen molar-refractivity contribution in [3.8, 4) is 11.5 Å². The average Bonchev–Trinajstić information content (AvgIpc) is 3.43. The number of aryl methyl sites for hydroxylation is 1. The maximum atomic E-state index is 12.2. The van der Waals surface area contributed by atoms with Crippen LogP contribution in [0.3, 0.4) is 0 Å². The van der Waals surface area contributed by atoms with Crippen LogP contribution in [0.4, 0.5) is 16.2 Å². The predicted molar refractivity (Wildman–Crippen MR) is 112 cm³/mol. The number of benzene rings is 2. The van der Waals surface area contributed by atoms with E-state index in [1.165, 1.54) is 0 Å². The van der Waals surface area contributed by atoms with Gasteiger partial charge in [-0.3, -0.25) is 4.79 Å². The molecule has 0 radical (unpaired) electrons. The molecule has 1 fully saturated rings. The lowest BCUT2D eigenvalue weighted by Crippen LogP contribution is -2.35. The third kappa shape index (κ3) is 5.42. The number of anilines is 2. The molecule has 8 heteroatoms. The fraction of sp³-hybridized carbons (Fsp3) is 0.364. The van der Waals surface area contributed by atoms with E-state index in [1.807, 2.05) is 18.2 Å². The summed E-state index contributed by atoms with van der Waals surface area (Å²) in [5.41, 5.74) is 2.34. The van der Waals surface area contributed by atoms with Gasteiger partial charge in [-0.2, -0.15) is 0 Å². The largest absolute Gasteiger partial charge is 0.454 e. The van der Waals surface area contributed by atoms with Gasteiger partial charge in [-0.15, -0.1) is 0 Å². The van der Waals surface area contributed by atoms with Crippen LogP contribution in [0.5, 0.6) is 11.5 Å². The van der Waals surface area contributed by atoms with Crippen molar-refractivity contribution in [2.75, 3.05) is 30.6 Å². The molecule has 30 heavy (non-hydrogen) atoms. The number of rotatable bonds is 7. The SMILES string of the molecule is O=C(CCc1ccc2c(c1)OCO2)Nc1ccc(NC(=O)NCC2CCCO2)cc1. The molecule has 0 spiro atoms. The third-order valence-electron chi connectivity index (χ3n) is 5.02. The van der Waals surface area contributed by atoms with Gasteiger partial charge in [-0.25, -0.2) is 4.79 Å². The average molecular weight is 411 g/mol. The first-order valence-electron chi connectivity index (χ1n) is 10.1. The van der Waals surface area contributed by atoms with Crippen LogP contribution in [0.15, 0.2) is 42.5 Å². The number of hydrogen-bond donors (Lipinski definition) is 3. The number of hydrogen-bond acceptors (Lipinski definition) is 5. The topological polar surface area (TPSA) is 97.9 Å². The number of ether oxygens (including phenoxy) is 3. The lowest BCUT2D eigenvalue weighted by molar-refractivity contribution is -0.116. The van der Waals surface area contributed by atoms with Gasteiger partial charge in [0.1, 0.15) is 0 Å². The van der Waals surface area contributed by atoms with Crippen molar-refractivity contribution in [2.45, 2.75) is 31.8 Å². The first-order chi connectivity index (χ1) is 14.7. The van der Waals surface area contributed by atoms with Crippen molar-refractivity contribution >= 4 is 23.3 Å². The lowest BCUT2D eigenvalue weighted by Gasteiger charge is -2.12. The summed E-state index contributed by atoms with van der Waals surface area (Å²) < 4.78 is 16.1. The van der Waals surface area contributed by atoms with Crippen LogP contribution in [0.1, 0.15) is 24.8 Å². The molecule has 2 heterocycles. The van der Waals surface area contributed by atoms with E-state index in [9.17, 15) is 9.59 Å². The van der Waals surface area contributed by atoms with Crippen LogP contribution in [-0.2, 0) is 16.0 Å². The monoisotopic (exact) mass is 411 g/mol. The quantitative estimate of drug-likeness (QED) is 0.650. The van der Waals surface area contributed by atoms with Crippen LogP contribution >= 0.6 is 0 Å². The Labute approximate surface area is 174 Å². The summed E-state index contributed by atoms with van der Waals surface area (Å²) >= 11 is 0. The summed E-state index contributed by atoms with van der Waals surface area (Å²) in [5, 5.41) is 8.45. The number of nitrogens with one attached hydrogen (secondary N) is 3. The van der Waals surface area contributed by atoms with E-state index in [-0.39, 0.29) is 24.8 Å². The van der Waals surface area contributed by atoms with Crippen LogP contribution in [-0.4, -0.2) is 38.0 Å². The molecule has 2 aromatic carbocycles. The molecule has 0 bridgehead atoms. The summed E-state index contributed by atoms with van der Waals surface area (Å²) in [7, 11) is 0. The highest BCUT2D eigenvalue weighted by molar-refractivity contribution is 5.92. The lowest BCUT2D eigenvalue weighted by atomic mass is 10.1. The highest BCUT2D eigenvalue weighted by Gasteiger charge is 2.16. The summed E-state index contributed by atoms with van der Waals surface area (Å²) in [6.45, 7) is 1.50. The maximum absolute atomic E-state index is 12.2. The van der Waals surface area contributed by atoms with Crippen LogP contribution in [0.25, 0.3) is 0 Å². The molecule has 1 atom stereocenters. The van der Waals surface area contributed by atoms with E-state index in [0.717, 1.165) is 36.5 Å². The van der Waals surface area contributed by atoms with Gasteiger partial charge < -0.3 is 30.2 Å². The van der Waals surface area contributed by atoms with E-state index in [1.54, 1.807) is 24.3 Å². The molecule has 2 aromatic rings. The Bertz CT molecular complexity index is 894. The molecule has 158 valence electrons. The molecule has 1 unspecified atom stereocenters. The van der Waals surface area contributed by atoms with Crippen molar-refractivity contribution in [3.63, 3.8) is 0 Å². The molecule has 0 aliphatic carbocycles. The Morgan fingerprint density at radius 3 is 2.50 bits per heavy atom. The van der Waals surface area contributed by atoms with Gasteiger partial charge in [0, 0.05) is 30.9 Å². The van der Waals surface area contributed by atoms with Crippen molar-refractivity contribution in [2.24, 2.45) is 0 Å². The second-order valence-corrected chi connectivity index (χ2v) is 7.28. The summed E-state index contributed by atoms with van der Waals surface area (Å²) in [4.78, 5) is 24.2. The Kier molecular flexibility index (Phi) is 6.34. The number of carbonyl (C=O) groups excluding carboxylic acids is 2. The Hall–Kier alpha value is -3.26. The van der Waals surface area contributed by atoms with E-state index in [4.69, 9.17) is 14.2 Å². The molecule has 2 aliphatic heterocycles. The van der Waals surface area contributed by atoms with Gasteiger partial charge >= 0.3 is 6.03 Å². The molecular formula is C22H25N3O5. The summed E-state index contributed by atoms with van der Waals surface area (Å²) in [6.07, 6.45) is 3.07. The normalized spacial score (nSPS) is 16.9. The van der Waals surface area contributed by atoms with E-state index < -0.39 is 0 Å². The molecule has 8 nitrogen and oxygen atoms in total. The third-order valence-corrected chi connectivity index (χ3v) is 5.02. The van der Waals surface area contributed by atoms with Gasteiger partial charge in [0.2, 0.25) is 12.7 Å². The van der Waals surface area contributed by atoms with Gasteiger partial charge in [0.15, 0.2) is 11.5 Å². The summed E-state index contributed by atoms with van der Waals surface area (Å²) in [5.74, 6) is 1.37. The molecule has 1 saturated heterocycles. The zero-order chi connectivity index (χ0) is 20.8. The van der Waals surface area contributed by atoms with Crippen molar-refractivity contribution < 1.29 is 23.8 Å². The number of amides is 3. The Morgan fingerprint density at radius 2 is 1.73 bits per heavy atom. The highest BCUT2D eigenvalue weighted by Crippen LogP contribution is 2.32. The van der Waals surface area contributed by atoms with E-state index in [2.05, 4.69) is 16.0 Å². The number of fused-ring (bicyclic) bond motifs is 1. The fourth-order valence-electron chi connectivity index (χ4n) is 3.40. The molecule has 4 rings (SSSR count). The second-order valence-electron chi connectivity index (χ2n) is 7.28. The predicted octanol–water partition coefficient (Wildman–Crippen LogP) is 3.29. The number of carbonyl (C=O) groups is 2. The second kappa shape index (κ2) is 9.49. The maximum Gasteiger partial charge on any atom is 0.319 e. The number of urea groups is 1. The van der Waals surface area contributed by atoms with Gasteiger partial charge in [0.25, 0.3) is 0 Å².